The largest absolute Gasteiger partial charge is 0.222 e. The minimum atomic E-state index is -0.695. The molecule has 3 heteroatoms. The van der Waals surface area contributed by atoms with Crippen molar-refractivity contribution in [1.82, 2.24) is 0 Å². The van der Waals surface area contributed by atoms with E-state index in [4.69, 9.17) is 0 Å². The SMILES string of the molecule is CS(C)(C)c1cccc2c1sc1c(Br)cccc12. The van der Waals surface area contributed by atoms with Crippen molar-refractivity contribution in [2.24, 2.45) is 0 Å². The van der Waals surface area contributed by atoms with Crippen LogP contribution in [0.4, 0.5) is 0 Å². The average molecular weight is 339 g/mol. The fourth-order valence-corrected chi connectivity index (χ4v) is 5.99. The van der Waals surface area contributed by atoms with E-state index in [1.165, 1.54) is 29.5 Å². The quantitative estimate of drug-likeness (QED) is 0.520. The van der Waals surface area contributed by atoms with Crippen LogP contribution in [0.2, 0.25) is 0 Å². The molecule has 0 unspecified atom stereocenters. The van der Waals surface area contributed by atoms with Crippen LogP contribution in [0.15, 0.2) is 45.8 Å². The smallest absolute Gasteiger partial charge is 0.0497 e. The number of hydrogen-bond donors (Lipinski definition) is 0. The van der Waals surface area contributed by atoms with Gasteiger partial charge in [-0.1, -0.05) is 24.3 Å². The highest BCUT2D eigenvalue weighted by atomic mass is 79.9. The lowest BCUT2D eigenvalue weighted by atomic mass is 10.1. The van der Waals surface area contributed by atoms with Crippen LogP contribution in [0.1, 0.15) is 0 Å². The molecular weight excluding hydrogens is 324 g/mol. The maximum Gasteiger partial charge on any atom is 0.0497 e. The zero-order chi connectivity index (χ0) is 12.9. The van der Waals surface area contributed by atoms with Crippen LogP contribution in [0, 0.1) is 0 Å². The van der Waals surface area contributed by atoms with Gasteiger partial charge in [-0.25, -0.2) is 10.0 Å². The Kier molecular flexibility index (Phi) is 2.96. The number of hydrogen-bond acceptors (Lipinski definition) is 1. The van der Waals surface area contributed by atoms with Crippen molar-refractivity contribution >= 4 is 57.5 Å². The number of rotatable bonds is 1. The fraction of sp³-hybridized carbons (Fsp3) is 0.200. The van der Waals surface area contributed by atoms with E-state index < -0.39 is 10.0 Å². The molecule has 2 aromatic carbocycles. The second kappa shape index (κ2) is 4.26. The van der Waals surface area contributed by atoms with Gasteiger partial charge in [0, 0.05) is 29.5 Å². The van der Waals surface area contributed by atoms with E-state index in [9.17, 15) is 0 Å². The van der Waals surface area contributed by atoms with E-state index in [-0.39, 0.29) is 0 Å². The summed E-state index contributed by atoms with van der Waals surface area (Å²) in [7, 11) is -0.695. The molecule has 0 radical (unpaired) electrons. The molecule has 0 N–H and O–H groups in total. The number of halogens is 1. The van der Waals surface area contributed by atoms with Crippen molar-refractivity contribution in [2.45, 2.75) is 4.90 Å². The topological polar surface area (TPSA) is 0 Å². The highest BCUT2D eigenvalue weighted by Gasteiger charge is 2.16. The summed E-state index contributed by atoms with van der Waals surface area (Å²) in [5.41, 5.74) is 0. The van der Waals surface area contributed by atoms with Gasteiger partial charge in [-0.2, -0.15) is 0 Å². The average Bonchev–Trinajstić information content (AvgIpc) is 2.68. The summed E-state index contributed by atoms with van der Waals surface area (Å²) >= 11 is 5.58. The van der Waals surface area contributed by atoms with Gasteiger partial charge >= 0.3 is 0 Å². The molecule has 0 saturated heterocycles. The second-order valence-corrected chi connectivity index (χ2v) is 11.2. The maximum atomic E-state index is 3.67. The Hall–Kier alpha value is -0.510. The van der Waals surface area contributed by atoms with Crippen LogP contribution < -0.4 is 0 Å². The Labute approximate surface area is 121 Å². The van der Waals surface area contributed by atoms with Gasteiger partial charge in [0.05, 0.1) is 0 Å². The van der Waals surface area contributed by atoms with Gasteiger partial charge in [0.2, 0.25) is 0 Å². The third-order valence-corrected chi connectivity index (χ3v) is 7.10. The normalized spacial score (nSPS) is 13.3. The fourth-order valence-electron chi connectivity index (χ4n) is 2.24. The van der Waals surface area contributed by atoms with Crippen LogP contribution >= 0.6 is 37.3 Å². The lowest BCUT2D eigenvalue weighted by Gasteiger charge is -2.26. The Morgan fingerprint density at radius 3 is 2.17 bits per heavy atom. The minimum Gasteiger partial charge on any atom is -0.222 e. The molecule has 0 amide bonds. The summed E-state index contributed by atoms with van der Waals surface area (Å²) < 4.78 is 4.03. The van der Waals surface area contributed by atoms with Crippen molar-refractivity contribution < 1.29 is 0 Å². The molecule has 94 valence electrons. The van der Waals surface area contributed by atoms with Gasteiger partial charge in [0.1, 0.15) is 0 Å². The second-order valence-electron chi connectivity index (χ2n) is 5.19. The molecule has 0 atom stereocenters. The summed E-state index contributed by atoms with van der Waals surface area (Å²) in [5, 5.41) is 2.77. The Bertz CT molecular complexity index is 735. The van der Waals surface area contributed by atoms with Crippen LogP contribution in [-0.4, -0.2) is 18.8 Å². The lowest BCUT2D eigenvalue weighted by molar-refractivity contribution is 1.56. The van der Waals surface area contributed by atoms with Gasteiger partial charge in [0.25, 0.3) is 0 Å². The van der Waals surface area contributed by atoms with Crippen LogP contribution in [0.3, 0.4) is 0 Å². The molecule has 0 bridgehead atoms. The number of fused-ring (bicyclic) bond motifs is 3. The van der Waals surface area contributed by atoms with E-state index in [2.05, 4.69) is 71.1 Å². The first-order valence-electron chi connectivity index (χ1n) is 5.76. The molecule has 3 rings (SSSR count). The van der Waals surface area contributed by atoms with E-state index in [0.717, 1.165) is 0 Å². The molecule has 0 aliphatic rings. The summed E-state index contributed by atoms with van der Waals surface area (Å²) in [5.74, 6) is 0. The first kappa shape index (κ1) is 12.5. The molecule has 3 aromatic rings. The lowest BCUT2D eigenvalue weighted by Crippen LogP contribution is -1.92. The molecule has 0 aliphatic carbocycles. The molecule has 1 heterocycles. The van der Waals surface area contributed by atoms with Crippen LogP contribution in [-0.2, 0) is 0 Å². The zero-order valence-electron chi connectivity index (χ0n) is 10.7. The van der Waals surface area contributed by atoms with Crippen molar-refractivity contribution in [3.05, 3.63) is 40.9 Å². The maximum absolute atomic E-state index is 3.67. The molecule has 18 heavy (non-hydrogen) atoms. The minimum absolute atomic E-state index is 0.695. The Balaban J connectivity index is 2.50. The molecule has 0 saturated carbocycles. The Morgan fingerprint density at radius 2 is 1.50 bits per heavy atom. The first-order valence-corrected chi connectivity index (χ1v) is 10.2. The van der Waals surface area contributed by atoms with Gasteiger partial charge in [-0.3, -0.25) is 0 Å². The first-order chi connectivity index (χ1) is 8.48. The van der Waals surface area contributed by atoms with E-state index in [1.807, 2.05) is 11.3 Å². The molecule has 0 fully saturated rings. The monoisotopic (exact) mass is 338 g/mol. The van der Waals surface area contributed by atoms with Gasteiger partial charge in [-0.05, 0) is 46.8 Å². The van der Waals surface area contributed by atoms with Crippen molar-refractivity contribution in [1.29, 1.82) is 0 Å². The molecule has 0 aliphatic heterocycles. The van der Waals surface area contributed by atoms with Crippen LogP contribution in [0.25, 0.3) is 20.2 Å². The molecule has 0 spiro atoms. The van der Waals surface area contributed by atoms with Crippen molar-refractivity contribution in [3.63, 3.8) is 0 Å². The third kappa shape index (κ3) is 1.89. The van der Waals surface area contributed by atoms with E-state index in [0.29, 0.717) is 0 Å². The van der Waals surface area contributed by atoms with Crippen molar-refractivity contribution in [3.8, 4) is 0 Å². The van der Waals surface area contributed by atoms with E-state index >= 15 is 0 Å². The third-order valence-electron chi connectivity index (χ3n) is 3.10. The zero-order valence-corrected chi connectivity index (χ0v) is 13.9. The Morgan fingerprint density at radius 1 is 0.889 bits per heavy atom. The number of thiophene rings is 1. The highest BCUT2D eigenvalue weighted by Crippen LogP contribution is 2.52. The molecule has 0 nitrogen and oxygen atoms in total. The van der Waals surface area contributed by atoms with Crippen LogP contribution in [0.5, 0.6) is 0 Å². The highest BCUT2D eigenvalue weighted by molar-refractivity contribution is 9.10. The standard InChI is InChI=1S/C15H15BrS2/c1-18(2,3)13-9-5-7-11-10-6-4-8-12(16)14(10)17-15(11)13/h4-9H,1-3H3. The predicted octanol–water partition coefficient (Wildman–Crippen LogP) is 5.87. The van der Waals surface area contributed by atoms with Gasteiger partial charge < -0.3 is 0 Å². The summed E-state index contributed by atoms with van der Waals surface area (Å²) in [4.78, 5) is 1.52. The summed E-state index contributed by atoms with van der Waals surface area (Å²) in [6.45, 7) is 0. The van der Waals surface area contributed by atoms with Gasteiger partial charge in [0.15, 0.2) is 0 Å². The molecular formula is C15H15BrS2. The molecule has 1 aromatic heterocycles. The number of benzene rings is 2. The summed E-state index contributed by atoms with van der Waals surface area (Å²) in [6, 6.07) is 13.2. The van der Waals surface area contributed by atoms with Gasteiger partial charge in [-0.15, -0.1) is 11.3 Å². The summed E-state index contributed by atoms with van der Waals surface area (Å²) in [6.07, 6.45) is 7.09. The van der Waals surface area contributed by atoms with Crippen molar-refractivity contribution in [2.75, 3.05) is 18.8 Å². The van der Waals surface area contributed by atoms with E-state index in [1.54, 1.807) is 0 Å². The predicted molar refractivity (Wildman–Crippen MR) is 90.7 cm³/mol.